The van der Waals surface area contributed by atoms with Gasteiger partial charge in [0.15, 0.2) is 12.6 Å². The lowest BCUT2D eigenvalue weighted by molar-refractivity contribution is -0.187. The van der Waals surface area contributed by atoms with Crippen LogP contribution in [0.15, 0.2) is 0 Å². The zero-order valence-electron chi connectivity index (χ0n) is 28.1. The summed E-state index contributed by atoms with van der Waals surface area (Å²) in [5, 5.41) is 0. The second-order valence-electron chi connectivity index (χ2n) is 13.7. The highest BCUT2D eigenvalue weighted by Crippen LogP contribution is 2.27. The molecule has 266 valence electrons. The number of hydrogen-bond donors (Lipinski definition) is 0. The Kier molecular flexibility index (Phi) is 30.7. The summed E-state index contributed by atoms with van der Waals surface area (Å²) in [5.74, 6) is 4.78. The van der Waals surface area contributed by atoms with E-state index in [4.69, 9.17) is 28.4 Å². The summed E-state index contributed by atoms with van der Waals surface area (Å²) in [4.78, 5) is 0. The Morgan fingerprint density at radius 3 is 0.721 bits per heavy atom. The number of hydrogen-bond acceptors (Lipinski definition) is 6. The Morgan fingerprint density at radius 2 is 0.535 bits per heavy atom. The summed E-state index contributed by atoms with van der Waals surface area (Å²) in [6, 6.07) is 0. The molecule has 5 rings (SSSR count). The van der Waals surface area contributed by atoms with E-state index in [9.17, 15) is 0 Å². The van der Waals surface area contributed by atoms with Crippen molar-refractivity contribution < 1.29 is 29.8 Å². The molecule has 0 aromatic heterocycles. The smallest absolute Gasteiger partial charge is 0.154 e. The zero-order chi connectivity index (χ0) is 29.9. The molecule has 6 nitrogen and oxygen atoms in total. The number of rotatable bonds is 0. The molecule has 4 saturated heterocycles. The van der Waals surface area contributed by atoms with E-state index < -0.39 is 0 Å². The molecule has 6 heteroatoms. The maximum absolute atomic E-state index is 5.39. The fourth-order valence-corrected chi connectivity index (χ4v) is 4.85. The van der Waals surface area contributed by atoms with E-state index >= 15 is 0 Å². The van der Waals surface area contributed by atoms with Gasteiger partial charge in [-0.15, -0.1) is 0 Å². The van der Waals surface area contributed by atoms with Crippen LogP contribution in [0.4, 0.5) is 0 Å². The fourth-order valence-electron chi connectivity index (χ4n) is 4.85. The van der Waals surface area contributed by atoms with E-state index in [1.807, 2.05) is 13.8 Å². The predicted octanol–water partition coefficient (Wildman–Crippen LogP) is 10.7. The van der Waals surface area contributed by atoms with Gasteiger partial charge in [-0.1, -0.05) is 89.5 Å². The third-order valence-electron chi connectivity index (χ3n) is 8.23. The van der Waals surface area contributed by atoms with Gasteiger partial charge in [0.25, 0.3) is 0 Å². The Morgan fingerprint density at radius 1 is 0.302 bits per heavy atom. The third kappa shape index (κ3) is 26.7. The van der Waals surface area contributed by atoms with Crippen LogP contribution < -0.4 is 0 Å². The lowest BCUT2D eigenvalue weighted by Gasteiger charge is -2.24. The highest BCUT2D eigenvalue weighted by Gasteiger charge is 2.16. The molecule has 5 fully saturated rings. The molecule has 1 aliphatic carbocycles. The second-order valence-corrected chi connectivity index (χ2v) is 13.7. The van der Waals surface area contributed by atoms with Crippen LogP contribution in [0.5, 0.6) is 0 Å². The topological polar surface area (TPSA) is 55.4 Å². The molecule has 43 heavy (non-hydrogen) atoms. The van der Waals surface area contributed by atoms with Crippen molar-refractivity contribution in [3.63, 3.8) is 0 Å². The second kappa shape index (κ2) is 28.0. The molecule has 0 N–H and O–H groups in total. The van der Waals surface area contributed by atoms with Crippen LogP contribution in [0, 0.1) is 35.5 Å². The van der Waals surface area contributed by atoms with Crippen molar-refractivity contribution in [2.75, 3.05) is 39.6 Å². The monoisotopic (exact) mass is 623 g/mol. The summed E-state index contributed by atoms with van der Waals surface area (Å²) in [7, 11) is 0. The van der Waals surface area contributed by atoms with Crippen molar-refractivity contribution in [1.82, 2.24) is 0 Å². The Balaban J connectivity index is -0.000000222. The van der Waals surface area contributed by atoms with E-state index in [1.165, 1.54) is 51.4 Å². The summed E-state index contributed by atoms with van der Waals surface area (Å²) in [6.07, 6.45) is 12.2. The first-order valence-corrected chi connectivity index (χ1v) is 16.6. The van der Waals surface area contributed by atoms with Gasteiger partial charge in [0.05, 0.1) is 38.6 Å². The third-order valence-corrected chi connectivity index (χ3v) is 8.23. The molecule has 0 amide bonds. The van der Waals surface area contributed by atoms with E-state index in [1.54, 1.807) is 0 Å². The van der Waals surface area contributed by atoms with Gasteiger partial charge in [-0.2, -0.15) is 0 Å². The highest BCUT2D eigenvalue weighted by molar-refractivity contribution is 4.66. The molecule has 4 atom stereocenters. The quantitative estimate of drug-likeness (QED) is 0.268. The van der Waals surface area contributed by atoms with Gasteiger partial charge >= 0.3 is 0 Å². The van der Waals surface area contributed by atoms with Crippen LogP contribution in [-0.4, -0.2) is 64.4 Å². The van der Waals surface area contributed by atoms with Crippen LogP contribution in [0.2, 0.25) is 0 Å². The Hall–Kier alpha value is -0.240. The van der Waals surface area contributed by atoms with Gasteiger partial charge in [0.1, 0.15) is 0 Å². The van der Waals surface area contributed by atoms with Crippen LogP contribution in [0.3, 0.4) is 0 Å². The average Bonchev–Trinajstić information content (AvgIpc) is 2.94. The summed E-state index contributed by atoms with van der Waals surface area (Å²) < 4.78 is 31.5. The molecule has 4 heterocycles. The van der Waals surface area contributed by atoms with Crippen molar-refractivity contribution in [3.05, 3.63) is 0 Å². The minimum atomic E-state index is 0. The van der Waals surface area contributed by atoms with E-state index in [0.717, 1.165) is 63.3 Å². The molecule has 1 saturated carbocycles. The SMILES string of the molecule is C.C.C.CC1CCC(C)CC1.CC1CCC(C)OC1.CC1CCC(C)OC1.CC1COC(C)OC1.CC1COC(C)OC1.[HH]. The molecule has 4 aliphatic heterocycles. The summed E-state index contributed by atoms with van der Waals surface area (Å²) >= 11 is 0. The van der Waals surface area contributed by atoms with Crippen molar-refractivity contribution >= 4 is 0 Å². The minimum absolute atomic E-state index is 0. The van der Waals surface area contributed by atoms with Crippen LogP contribution in [0.25, 0.3) is 0 Å². The minimum Gasteiger partial charge on any atom is -0.378 e. The fraction of sp³-hybridized carbons (Fsp3) is 1.00. The van der Waals surface area contributed by atoms with E-state index in [0.29, 0.717) is 24.0 Å². The number of ether oxygens (including phenoxy) is 6. The Labute approximate surface area is 272 Å². The molecule has 5 aliphatic rings. The summed E-state index contributed by atoms with van der Waals surface area (Å²) in [6.45, 7) is 26.9. The zero-order valence-corrected chi connectivity index (χ0v) is 28.1. The largest absolute Gasteiger partial charge is 0.378 e. The highest BCUT2D eigenvalue weighted by atomic mass is 16.7. The van der Waals surface area contributed by atoms with Gasteiger partial charge in [-0.25, -0.2) is 0 Å². The molecular weight excluding hydrogens is 540 g/mol. The lowest BCUT2D eigenvalue weighted by Crippen LogP contribution is -2.27. The molecular formula is C37H82O6. The van der Waals surface area contributed by atoms with Gasteiger partial charge < -0.3 is 28.4 Å². The Bertz CT molecular complexity index is 390. The van der Waals surface area contributed by atoms with Gasteiger partial charge in [-0.05, 0) is 77.0 Å². The van der Waals surface area contributed by atoms with Crippen molar-refractivity contribution in [2.45, 2.75) is 168 Å². The molecule has 0 radical (unpaired) electrons. The van der Waals surface area contributed by atoms with Crippen LogP contribution in [-0.2, 0) is 28.4 Å². The first kappa shape index (κ1) is 47.2. The summed E-state index contributed by atoms with van der Waals surface area (Å²) in [5.41, 5.74) is 0. The van der Waals surface area contributed by atoms with Crippen molar-refractivity contribution in [1.29, 1.82) is 0 Å². The standard InChI is InChI=1S/C8H16.2C7H14O.2C6H12O2.3CH4.H2/c1-7-3-5-8(2)6-4-7;2*1-6-3-4-7(2)8-5-6;2*1-5-3-7-6(2)8-4-5;;;;/h7-8H,3-6H2,1-2H3;2*6-7H,3-5H2,1-2H3;2*5-6H,3-4H2,1-2H3;3*1H4;1H. The molecule has 0 spiro atoms. The first-order valence-electron chi connectivity index (χ1n) is 16.6. The lowest BCUT2D eigenvalue weighted by atomic mass is 9.84. The molecule has 0 aromatic rings. The average molecular weight is 623 g/mol. The van der Waals surface area contributed by atoms with E-state index in [-0.39, 0.29) is 36.3 Å². The predicted molar refractivity (Wildman–Crippen MR) is 188 cm³/mol. The normalized spacial score (nSPS) is 37.0. The van der Waals surface area contributed by atoms with Crippen molar-refractivity contribution in [2.24, 2.45) is 35.5 Å². The maximum atomic E-state index is 5.39. The molecule has 4 unspecified atom stereocenters. The van der Waals surface area contributed by atoms with Gasteiger partial charge in [0.2, 0.25) is 0 Å². The van der Waals surface area contributed by atoms with Gasteiger partial charge in [0, 0.05) is 26.5 Å². The van der Waals surface area contributed by atoms with Gasteiger partial charge in [-0.3, -0.25) is 0 Å². The molecule has 0 bridgehead atoms. The van der Waals surface area contributed by atoms with Crippen LogP contribution in [0.1, 0.15) is 144 Å². The molecule has 0 aromatic carbocycles. The van der Waals surface area contributed by atoms with Crippen LogP contribution >= 0.6 is 0 Å². The van der Waals surface area contributed by atoms with Crippen molar-refractivity contribution in [3.8, 4) is 0 Å². The van der Waals surface area contributed by atoms with E-state index in [2.05, 4.69) is 55.4 Å². The first-order chi connectivity index (χ1) is 18.9. The maximum Gasteiger partial charge on any atom is 0.154 e.